The van der Waals surface area contributed by atoms with Crippen molar-refractivity contribution in [2.24, 2.45) is 0 Å². The minimum atomic E-state index is -2.67. The molecule has 1 rings (SSSR count). The summed E-state index contributed by atoms with van der Waals surface area (Å²) in [4.78, 5) is 3.58. The van der Waals surface area contributed by atoms with Crippen molar-refractivity contribution in [3.05, 3.63) is 26.9 Å². The van der Waals surface area contributed by atoms with Gasteiger partial charge in [-0.1, -0.05) is 11.6 Å². The molecule has 1 heterocycles. The van der Waals surface area contributed by atoms with Crippen LogP contribution in [0.3, 0.4) is 0 Å². The van der Waals surface area contributed by atoms with Gasteiger partial charge >= 0.3 is 0 Å². The summed E-state index contributed by atoms with van der Waals surface area (Å²) in [5.74, 6) is 0. The topological polar surface area (TPSA) is 36.7 Å². The molecule has 0 atom stereocenters. The molecule has 1 aromatic heterocycles. The van der Waals surface area contributed by atoms with Gasteiger partial charge in [0.25, 0.3) is 6.43 Å². The van der Waals surface area contributed by atoms with Gasteiger partial charge in [-0.2, -0.15) is 5.26 Å². The number of alkyl halides is 2. The molecule has 0 aliphatic carbocycles. The normalized spacial score (nSPS) is 10.3. The Labute approximate surface area is 92.6 Å². The second-order valence-electron chi connectivity index (χ2n) is 2.43. The summed E-state index contributed by atoms with van der Waals surface area (Å²) in [6.45, 7) is 0. The van der Waals surface area contributed by atoms with Gasteiger partial charge < -0.3 is 0 Å². The largest absolute Gasteiger partial charge is 0.280 e. The Kier molecular flexibility index (Phi) is 3.78. The summed E-state index contributed by atoms with van der Waals surface area (Å²) in [6.07, 6.45) is -2.63. The molecule has 0 N–H and O–H groups in total. The van der Waals surface area contributed by atoms with Crippen molar-refractivity contribution < 1.29 is 8.78 Å². The summed E-state index contributed by atoms with van der Waals surface area (Å²) in [5, 5.41) is 8.57. The third-order valence-corrected chi connectivity index (χ3v) is 2.51. The lowest BCUT2D eigenvalue weighted by atomic mass is 10.2. The van der Waals surface area contributed by atoms with E-state index in [1.54, 1.807) is 0 Å². The van der Waals surface area contributed by atoms with Gasteiger partial charge in [-0.05, 0) is 22.0 Å². The third kappa shape index (κ3) is 2.40. The van der Waals surface area contributed by atoms with Crippen LogP contribution in [0.2, 0.25) is 5.02 Å². The second-order valence-corrected chi connectivity index (χ2v) is 3.59. The van der Waals surface area contributed by atoms with Crippen LogP contribution in [0, 0.1) is 11.3 Å². The van der Waals surface area contributed by atoms with Crippen LogP contribution < -0.4 is 0 Å². The van der Waals surface area contributed by atoms with Crippen molar-refractivity contribution in [3.8, 4) is 6.07 Å². The summed E-state index contributed by atoms with van der Waals surface area (Å²) in [5.41, 5.74) is 0.0298. The van der Waals surface area contributed by atoms with E-state index in [-0.39, 0.29) is 16.0 Å². The van der Waals surface area contributed by atoms with E-state index in [4.69, 9.17) is 16.9 Å². The number of hydrogen-bond donors (Lipinski definition) is 0. The molecule has 14 heavy (non-hydrogen) atoms. The van der Waals surface area contributed by atoms with Crippen LogP contribution in [-0.2, 0) is 6.42 Å². The fourth-order valence-corrected chi connectivity index (χ4v) is 1.82. The molecule has 0 aliphatic rings. The molecule has 0 amide bonds. The monoisotopic (exact) mass is 280 g/mol. The molecule has 0 unspecified atom stereocenters. The lowest BCUT2D eigenvalue weighted by Crippen LogP contribution is -1.96. The van der Waals surface area contributed by atoms with Crippen molar-refractivity contribution in [1.82, 2.24) is 4.98 Å². The van der Waals surface area contributed by atoms with Crippen molar-refractivity contribution in [2.75, 3.05) is 0 Å². The van der Waals surface area contributed by atoms with E-state index in [0.717, 1.165) is 6.07 Å². The van der Waals surface area contributed by atoms with Crippen LogP contribution >= 0.6 is 27.5 Å². The smallest absolute Gasteiger partial charge is 0.239 e. The summed E-state index contributed by atoms with van der Waals surface area (Å²) in [7, 11) is 0. The van der Waals surface area contributed by atoms with E-state index in [2.05, 4.69) is 20.9 Å². The molecule has 0 aliphatic heterocycles. The average Bonchev–Trinajstić information content (AvgIpc) is 2.10. The molecule has 6 heteroatoms. The van der Waals surface area contributed by atoms with Crippen molar-refractivity contribution >= 4 is 27.5 Å². The molecular weight excluding hydrogens is 277 g/mol. The first kappa shape index (κ1) is 11.3. The van der Waals surface area contributed by atoms with Gasteiger partial charge in [0.05, 0.1) is 12.5 Å². The Balaban J connectivity index is 3.19. The number of nitrogens with zero attached hydrogens (tertiary/aromatic N) is 2. The average molecular weight is 281 g/mol. The summed E-state index contributed by atoms with van der Waals surface area (Å²) >= 11 is 8.69. The number of hydrogen-bond acceptors (Lipinski definition) is 2. The van der Waals surface area contributed by atoms with Gasteiger partial charge in [0.2, 0.25) is 0 Å². The van der Waals surface area contributed by atoms with Crippen LogP contribution in [-0.4, -0.2) is 4.98 Å². The molecule has 0 radical (unpaired) electrons. The molecule has 0 bridgehead atoms. The van der Waals surface area contributed by atoms with Crippen LogP contribution in [0.1, 0.15) is 17.7 Å². The predicted octanol–water partition coefficient (Wildman–Crippen LogP) is 3.50. The molecular formula is C8H4BrClF2N2. The molecule has 2 nitrogen and oxygen atoms in total. The highest BCUT2D eigenvalue weighted by Crippen LogP contribution is 2.28. The number of pyridine rings is 1. The van der Waals surface area contributed by atoms with E-state index in [1.807, 2.05) is 6.07 Å². The van der Waals surface area contributed by atoms with E-state index in [9.17, 15) is 8.78 Å². The van der Waals surface area contributed by atoms with E-state index >= 15 is 0 Å². The van der Waals surface area contributed by atoms with Crippen molar-refractivity contribution in [2.45, 2.75) is 12.8 Å². The Morgan fingerprint density at radius 1 is 1.64 bits per heavy atom. The molecule has 0 spiro atoms. The zero-order valence-electron chi connectivity index (χ0n) is 6.77. The zero-order chi connectivity index (χ0) is 10.7. The molecule has 0 fully saturated rings. The summed E-state index contributed by atoms with van der Waals surface area (Å²) in [6, 6.07) is 2.95. The van der Waals surface area contributed by atoms with E-state index in [0.29, 0.717) is 5.56 Å². The molecule has 0 saturated heterocycles. The van der Waals surface area contributed by atoms with Crippen LogP contribution in [0.25, 0.3) is 0 Å². The highest BCUT2D eigenvalue weighted by atomic mass is 79.9. The lowest BCUT2D eigenvalue weighted by Gasteiger charge is -2.05. The minimum Gasteiger partial charge on any atom is -0.239 e. The van der Waals surface area contributed by atoms with E-state index in [1.165, 1.54) is 0 Å². The lowest BCUT2D eigenvalue weighted by molar-refractivity contribution is 0.146. The highest BCUT2D eigenvalue weighted by Gasteiger charge is 2.14. The van der Waals surface area contributed by atoms with Gasteiger partial charge in [0, 0.05) is 10.6 Å². The van der Waals surface area contributed by atoms with Crippen LogP contribution in [0.4, 0.5) is 8.78 Å². The quantitative estimate of drug-likeness (QED) is 0.778. The maximum atomic E-state index is 12.2. The molecule has 1 aromatic rings. The zero-order valence-corrected chi connectivity index (χ0v) is 9.11. The first-order chi connectivity index (χ1) is 6.56. The maximum Gasteiger partial charge on any atom is 0.280 e. The van der Waals surface area contributed by atoms with Gasteiger partial charge in [0.1, 0.15) is 10.3 Å². The number of aromatic nitrogens is 1. The Morgan fingerprint density at radius 3 is 2.71 bits per heavy atom. The Bertz CT molecular complexity index is 366. The fourth-order valence-electron chi connectivity index (χ4n) is 0.877. The fraction of sp³-hybridized carbons (Fsp3) is 0.250. The second kappa shape index (κ2) is 4.67. The van der Waals surface area contributed by atoms with Gasteiger partial charge in [-0.15, -0.1) is 0 Å². The molecule has 74 valence electrons. The standard InChI is InChI=1S/C8H4BrClF2N2/c9-7-4(1-2-13)5(10)3-6(14-7)8(11)12/h3,8H,1H2. The molecule has 0 aromatic carbocycles. The Morgan fingerprint density at radius 2 is 2.29 bits per heavy atom. The first-order valence-electron chi connectivity index (χ1n) is 3.56. The number of halogens is 4. The third-order valence-electron chi connectivity index (χ3n) is 1.52. The van der Waals surface area contributed by atoms with Crippen molar-refractivity contribution in [1.29, 1.82) is 5.26 Å². The van der Waals surface area contributed by atoms with Gasteiger partial charge in [-0.3, -0.25) is 0 Å². The van der Waals surface area contributed by atoms with Crippen LogP contribution in [0.15, 0.2) is 10.7 Å². The summed E-state index contributed by atoms with van der Waals surface area (Å²) < 4.78 is 24.7. The Hall–Kier alpha value is -0.730. The minimum absolute atomic E-state index is 0.0376. The highest BCUT2D eigenvalue weighted by molar-refractivity contribution is 9.10. The van der Waals surface area contributed by atoms with Crippen molar-refractivity contribution in [3.63, 3.8) is 0 Å². The predicted molar refractivity (Wildman–Crippen MR) is 51.2 cm³/mol. The van der Waals surface area contributed by atoms with Crippen LogP contribution in [0.5, 0.6) is 0 Å². The number of rotatable bonds is 2. The molecule has 0 saturated carbocycles. The van der Waals surface area contributed by atoms with Gasteiger partial charge in [0.15, 0.2) is 0 Å². The first-order valence-corrected chi connectivity index (χ1v) is 4.73. The maximum absolute atomic E-state index is 12.2. The van der Waals surface area contributed by atoms with E-state index < -0.39 is 12.1 Å². The number of nitriles is 1. The van der Waals surface area contributed by atoms with Gasteiger partial charge in [-0.25, -0.2) is 13.8 Å². The SMILES string of the molecule is N#CCc1c(Cl)cc(C(F)F)nc1Br.